The van der Waals surface area contributed by atoms with Crippen LogP contribution in [0.25, 0.3) is 0 Å². The van der Waals surface area contributed by atoms with Crippen LogP contribution < -0.4 is 0 Å². The number of halogens is 2. The number of ether oxygens (including phenoxy) is 1. The van der Waals surface area contributed by atoms with E-state index in [-0.39, 0.29) is 6.04 Å². The van der Waals surface area contributed by atoms with E-state index >= 15 is 0 Å². The molecule has 4 nitrogen and oxygen atoms in total. The van der Waals surface area contributed by atoms with Gasteiger partial charge in [-0.3, -0.25) is 9.80 Å². The molecule has 128 valence electrons. The van der Waals surface area contributed by atoms with Gasteiger partial charge in [-0.2, -0.15) is 0 Å². The largest absolute Gasteiger partial charge is 0.390 e. The van der Waals surface area contributed by atoms with Crippen LogP contribution in [0.4, 0.5) is 8.78 Å². The van der Waals surface area contributed by atoms with E-state index in [0.29, 0.717) is 38.3 Å². The van der Waals surface area contributed by atoms with Crippen molar-refractivity contribution in [1.82, 2.24) is 9.80 Å². The van der Waals surface area contributed by atoms with E-state index in [2.05, 4.69) is 4.90 Å². The number of rotatable bonds is 5. The highest BCUT2D eigenvalue weighted by molar-refractivity contribution is 5.36. The summed E-state index contributed by atoms with van der Waals surface area (Å²) < 4.78 is 32.6. The molecule has 2 aliphatic rings. The number of morpholine rings is 1. The Hall–Kier alpha value is -1.08. The lowest BCUT2D eigenvalue weighted by atomic mass is 10.1. The highest BCUT2D eigenvalue weighted by Gasteiger charge is 2.30. The molecular formula is C17H24F2N2O2. The molecule has 2 atom stereocenters. The Kier molecular flexibility index (Phi) is 5.26. The Morgan fingerprint density at radius 1 is 1.35 bits per heavy atom. The Balaban J connectivity index is 1.60. The summed E-state index contributed by atoms with van der Waals surface area (Å²) in [5.41, 5.74) is 1.34. The van der Waals surface area contributed by atoms with Crippen LogP contribution in [0.15, 0.2) is 12.1 Å². The minimum absolute atomic E-state index is 0.0328. The van der Waals surface area contributed by atoms with Gasteiger partial charge in [-0.15, -0.1) is 0 Å². The molecule has 0 amide bonds. The maximum atomic E-state index is 13.8. The van der Waals surface area contributed by atoms with E-state index in [1.165, 1.54) is 6.07 Å². The lowest BCUT2D eigenvalue weighted by Crippen LogP contribution is -2.44. The van der Waals surface area contributed by atoms with Crippen molar-refractivity contribution in [1.29, 1.82) is 0 Å². The fourth-order valence-corrected chi connectivity index (χ4v) is 3.68. The topological polar surface area (TPSA) is 35.9 Å². The third-order valence-corrected chi connectivity index (χ3v) is 4.82. The number of nitrogens with zero attached hydrogens (tertiary/aromatic N) is 2. The second kappa shape index (κ2) is 7.21. The molecule has 0 radical (unpaired) electrons. The summed E-state index contributed by atoms with van der Waals surface area (Å²) in [6, 6.07) is 2.35. The second-order valence-corrected chi connectivity index (χ2v) is 6.52. The van der Waals surface area contributed by atoms with Crippen LogP contribution in [0, 0.1) is 11.6 Å². The van der Waals surface area contributed by atoms with E-state index in [4.69, 9.17) is 4.74 Å². The van der Waals surface area contributed by atoms with Gasteiger partial charge in [0.2, 0.25) is 0 Å². The Labute approximate surface area is 135 Å². The van der Waals surface area contributed by atoms with Crippen molar-refractivity contribution < 1.29 is 18.6 Å². The molecule has 0 bridgehead atoms. The van der Waals surface area contributed by atoms with E-state index in [9.17, 15) is 13.9 Å². The van der Waals surface area contributed by atoms with Crippen LogP contribution in [-0.4, -0.2) is 67.5 Å². The fraction of sp³-hybridized carbons (Fsp3) is 0.647. The van der Waals surface area contributed by atoms with Gasteiger partial charge in [-0.05, 0) is 37.1 Å². The summed E-state index contributed by atoms with van der Waals surface area (Å²) in [4.78, 5) is 4.19. The van der Waals surface area contributed by atoms with Gasteiger partial charge in [-0.25, -0.2) is 8.78 Å². The molecule has 1 aromatic carbocycles. The third-order valence-electron chi connectivity index (χ3n) is 4.82. The van der Waals surface area contributed by atoms with Gasteiger partial charge in [0.05, 0.1) is 19.3 Å². The first-order valence-electron chi connectivity index (χ1n) is 8.21. The van der Waals surface area contributed by atoms with Gasteiger partial charge in [0, 0.05) is 38.3 Å². The molecule has 1 aromatic rings. The van der Waals surface area contributed by atoms with Crippen LogP contribution >= 0.6 is 0 Å². The Morgan fingerprint density at radius 3 is 2.83 bits per heavy atom. The first-order chi connectivity index (χ1) is 11.0. The van der Waals surface area contributed by atoms with Gasteiger partial charge >= 0.3 is 0 Å². The van der Waals surface area contributed by atoms with Gasteiger partial charge < -0.3 is 9.84 Å². The number of fused-ring (bicyclic) bond motifs is 1. The Bertz CT molecular complexity index is 550. The van der Waals surface area contributed by atoms with Crippen molar-refractivity contribution in [3.8, 4) is 0 Å². The maximum absolute atomic E-state index is 13.8. The van der Waals surface area contributed by atoms with Gasteiger partial charge in [-0.1, -0.05) is 0 Å². The molecule has 3 rings (SSSR count). The van der Waals surface area contributed by atoms with Crippen molar-refractivity contribution in [2.75, 3.05) is 46.4 Å². The minimum Gasteiger partial charge on any atom is -0.390 e. The molecule has 0 aromatic heterocycles. The second-order valence-electron chi connectivity index (χ2n) is 6.52. The molecule has 23 heavy (non-hydrogen) atoms. The molecule has 2 unspecified atom stereocenters. The van der Waals surface area contributed by atoms with E-state index in [0.717, 1.165) is 31.1 Å². The molecule has 1 saturated heterocycles. The molecule has 1 N–H and O–H groups in total. The summed E-state index contributed by atoms with van der Waals surface area (Å²) in [6.07, 6.45) is 0.896. The number of hydrogen-bond donors (Lipinski definition) is 1. The van der Waals surface area contributed by atoms with Crippen molar-refractivity contribution >= 4 is 0 Å². The zero-order chi connectivity index (χ0) is 16.4. The number of benzene rings is 1. The predicted molar refractivity (Wildman–Crippen MR) is 83.3 cm³/mol. The van der Waals surface area contributed by atoms with Crippen LogP contribution in [0.2, 0.25) is 0 Å². The standard InChI is InChI=1S/C17H24F2N2O2/c1-20(10-13(22)11-21-4-6-23-7-5-21)17-3-2-14-15(17)8-12(18)9-16(14)19/h8-9,13,17,22H,2-7,10-11H2,1H3. The van der Waals surface area contributed by atoms with E-state index in [1.54, 1.807) is 0 Å². The molecule has 0 spiro atoms. The smallest absolute Gasteiger partial charge is 0.129 e. The predicted octanol–water partition coefficient (Wildman–Crippen LogP) is 1.58. The molecule has 1 fully saturated rings. The van der Waals surface area contributed by atoms with E-state index < -0.39 is 17.7 Å². The summed E-state index contributed by atoms with van der Waals surface area (Å²) in [5, 5.41) is 10.3. The normalized spacial score (nSPS) is 23.3. The average molecular weight is 326 g/mol. The molecule has 1 aliphatic carbocycles. The molecular weight excluding hydrogens is 302 g/mol. The Morgan fingerprint density at radius 2 is 2.09 bits per heavy atom. The summed E-state index contributed by atoms with van der Waals surface area (Å²) >= 11 is 0. The average Bonchev–Trinajstić information content (AvgIpc) is 2.92. The quantitative estimate of drug-likeness (QED) is 0.891. The number of hydrogen-bond acceptors (Lipinski definition) is 4. The van der Waals surface area contributed by atoms with Gasteiger partial charge in [0.25, 0.3) is 0 Å². The van der Waals surface area contributed by atoms with Crippen LogP contribution in [0.3, 0.4) is 0 Å². The highest BCUT2D eigenvalue weighted by Crippen LogP contribution is 2.37. The summed E-state index contributed by atoms with van der Waals surface area (Å²) in [6.45, 7) is 4.17. The zero-order valence-electron chi connectivity index (χ0n) is 13.5. The fourth-order valence-electron chi connectivity index (χ4n) is 3.68. The van der Waals surface area contributed by atoms with E-state index in [1.807, 2.05) is 11.9 Å². The minimum atomic E-state index is -0.532. The highest BCUT2D eigenvalue weighted by atomic mass is 19.1. The zero-order valence-corrected chi connectivity index (χ0v) is 13.5. The molecule has 1 aliphatic heterocycles. The van der Waals surface area contributed by atoms with Crippen molar-refractivity contribution in [2.24, 2.45) is 0 Å². The first-order valence-corrected chi connectivity index (χ1v) is 8.21. The lowest BCUT2D eigenvalue weighted by molar-refractivity contribution is 0.00573. The summed E-state index contributed by atoms with van der Waals surface area (Å²) in [5.74, 6) is -0.986. The first kappa shape index (κ1) is 16.8. The molecule has 6 heteroatoms. The monoisotopic (exact) mass is 326 g/mol. The number of aliphatic hydroxyl groups is 1. The van der Waals surface area contributed by atoms with Crippen LogP contribution in [0.5, 0.6) is 0 Å². The van der Waals surface area contributed by atoms with Gasteiger partial charge in [0.1, 0.15) is 11.6 Å². The molecule has 1 heterocycles. The number of likely N-dealkylation sites (N-methyl/N-ethyl adjacent to an activating group) is 1. The SMILES string of the molecule is CN(CC(O)CN1CCOCC1)C1CCc2c(F)cc(F)cc21. The third kappa shape index (κ3) is 3.88. The molecule has 0 saturated carbocycles. The lowest BCUT2D eigenvalue weighted by Gasteiger charge is -2.32. The maximum Gasteiger partial charge on any atom is 0.129 e. The van der Waals surface area contributed by atoms with Crippen LogP contribution in [-0.2, 0) is 11.2 Å². The number of β-amino-alcohol motifs (C(OH)–C–C–N with tert-alkyl or cyclic N) is 1. The van der Waals surface area contributed by atoms with Crippen molar-refractivity contribution in [3.63, 3.8) is 0 Å². The van der Waals surface area contributed by atoms with Crippen molar-refractivity contribution in [2.45, 2.75) is 25.0 Å². The van der Waals surface area contributed by atoms with Crippen molar-refractivity contribution in [3.05, 3.63) is 34.9 Å². The van der Waals surface area contributed by atoms with Crippen LogP contribution in [0.1, 0.15) is 23.6 Å². The number of aliphatic hydroxyl groups excluding tert-OH is 1. The summed E-state index contributed by atoms with van der Waals surface area (Å²) in [7, 11) is 1.91. The van der Waals surface area contributed by atoms with Gasteiger partial charge in [0.15, 0.2) is 0 Å².